The Hall–Kier alpha value is -7.84. The molecule has 8 aromatic rings. The number of benzene rings is 8. The van der Waals surface area contributed by atoms with E-state index >= 15 is 0 Å². The van der Waals surface area contributed by atoms with Crippen LogP contribution in [0.2, 0.25) is 0 Å². The molecule has 4 unspecified atom stereocenters. The minimum absolute atomic E-state index is 0.115. The summed E-state index contributed by atoms with van der Waals surface area (Å²) in [6.07, 6.45) is 16.5. The maximum atomic E-state index is 6.93. The first-order valence-electron chi connectivity index (χ1n) is 36.9. The van der Waals surface area contributed by atoms with E-state index in [1.54, 1.807) is 0 Å². The van der Waals surface area contributed by atoms with Gasteiger partial charge in [0.25, 0.3) is 0 Å². The van der Waals surface area contributed by atoms with Crippen LogP contribution < -0.4 is 40.2 Å². The van der Waals surface area contributed by atoms with Crippen LogP contribution in [0.15, 0.2) is 146 Å². The molecule has 8 heteroatoms. The highest BCUT2D eigenvalue weighted by Gasteiger charge is 2.35. The Labute approximate surface area is 579 Å². The number of hydrogen-bond acceptors (Lipinski definition) is 8. The van der Waals surface area contributed by atoms with Crippen LogP contribution >= 0.6 is 0 Å². The predicted octanol–water partition coefficient (Wildman–Crippen LogP) is 26.4. The zero-order valence-electron chi connectivity index (χ0n) is 61.4. The van der Waals surface area contributed by atoms with Gasteiger partial charge >= 0.3 is 0 Å². The van der Waals surface area contributed by atoms with E-state index in [4.69, 9.17) is 18.9 Å². The second-order valence-corrected chi connectivity index (χ2v) is 28.4. The molecule has 8 nitrogen and oxygen atoms in total. The number of hydrogen-bond donors (Lipinski definition) is 4. The van der Waals surface area contributed by atoms with E-state index in [1.165, 1.54) is 66.8 Å². The molecule has 1 aliphatic carbocycles. The molecule has 8 aromatic carbocycles. The Morgan fingerprint density at radius 2 is 0.458 bits per heavy atom. The summed E-state index contributed by atoms with van der Waals surface area (Å²) in [5, 5.41) is 16.7. The predicted molar refractivity (Wildman–Crippen MR) is 411 cm³/mol. The lowest BCUT2D eigenvalue weighted by Gasteiger charge is -2.33. The lowest BCUT2D eigenvalue weighted by Crippen LogP contribution is -2.16. The quantitative estimate of drug-likeness (QED) is 0.0311. The molecule has 512 valence electrons. The minimum atomic E-state index is -0.115. The van der Waals surface area contributed by atoms with Crippen LogP contribution in [-0.4, -0.2) is 28.4 Å². The molecular formula is C88H116N4O4. The summed E-state index contributed by atoms with van der Waals surface area (Å²) >= 11 is 0. The summed E-state index contributed by atoms with van der Waals surface area (Å²) in [5.41, 5.74) is 23.3. The van der Waals surface area contributed by atoms with E-state index in [-0.39, 0.29) is 47.3 Å². The molecule has 0 saturated heterocycles. The third kappa shape index (κ3) is 16.9. The third-order valence-electron chi connectivity index (χ3n) is 20.4. The number of anilines is 8. The van der Waals surface area contributed by atoms with Crippen molar-refractivity contribution in [3.63, 3.8) is 0 Å². The van der Waals surface area contributed by atoms with Crippen LogP contribution in [0.4, 0.5) is 45.5 Å². The maximum Gasteiger partial charge on any atom is 0.124 e. The van der Waals surface area contributed by atoms with E-state index in [9.17, 15) is 0 Å². The van der Waals surface area contributed by atoms with Crippen molar-refractivity contribution in [3.8, 4) is 23.0 Å². The van der Waals surface area contributed by atoms with Crippen molar-refractivity contribution < 1.29 is 18.9 Å². The first kappa shape index (κ1) is 72.4. The van der Waals surface area contributed by atoms with Crippen LogP contribution in [-0.2, 0) is 0 Å². The second kappa shape index (κ2) is 34.9. The van der Waals surface area contributed by atoms with Crippen molar-refractivity contribution in [1.29, 1.82) is 0 Å². The van der Waals surface area contributed by atoms with Gasteiger partial charge in [-0.1, -0.05) is 233 Å². The fraction of sp³-hybridized carbons (Fsp3) is 0.455. The number of fused-ring (bicyclic) bond motifs is 8. The molecule has 1 aliphatic rings. The summed E-state index contributed by atoms with van der Waals surface area (Å²) in [6, 6.07) is 55.2. The van der Waals surface area contributed by atoms with Crippen LogP contribution in [0, 0.1) is 0 Å². The normalized spacial score (nSPS) is 15.3. The fourth-order valence-corrected chi connectivity index (χ4v) is 15.2. The molecule has 4 N–H and O–H groups in total. The van der Waals surface area contributed by atoms with E-state index in [1.807, 2.05) is 28.4 Å². The SMILES string of the molecule is CCCCCC1c2cc(c(OC)cc2Nc2ccccc2C(C)C)C(CCCCC)c2cc(c(OC)cc2Nc2ccccc2C(C)C)C(CCCCC)c2cc(c(OC)cc2Nc2ccccc2C(C)C)C(CCCCC)c2cc1c(OC)cc2Nc1ccccc1C(C)C. The average molecular weight is 1290 g/mol. The topological polar surface area (TPSA) is 85.0 Å². The van der Waals surface area contributed by atoms with Crippen LogP contribution in [0.3, 0.4) is 0 Å². The van der Waals surface area contributed by atoms with Gasteiger partial charge in [0, 0.05) is 116 Å². The standard InChI is InChI=1S/C88H116N4O4/c1-17-21-25-41-65-69-49-74(86(94-14)53-81(69)89-77-45-33-29-37-61(77)57(5)6)67(43-27-23-19-3)71-51-76(88(96-16)55-83(71)91-79-47-35-31-39-63(79)59(9)10)68(44-28-24-20-4)72-52-75(87(95-15)56-84(72)92-80-48-36-32-40-64(80)60(11)12)66(42-26-22-18-2)70-50-73(65)85(93-13)54-82(70)90-78-46-34-30-38-62(78)58(7)8/h29-40,45-60,65-68,89-92H,17-28,41-44H2,1-16H3. The number of methoxy groups -OCH3 is 4. The Morgan fingerprint density at radius 3 is 0.635 bits per heavy atom. The maximum absolute atomic E-state index is 6.93. The zero-order chi connectivity index (χ0) is 68.4. The molecule has 0 fully saturated rings. The smallest absolute Gasteiger partial charge is 0.124 e. The molecular weight excluding hydrogens is 1180 g/mol. The van der Waals surface area contributed by atoms with Gasteiger partial charge in [0.15, 0.2) is 0 Å². The summed E-state index contributed by atoms with van der Waals surface area (Å²) < 4.78 is 27.7. The number of para-hydroxylation sites is 4. The molecule has 0 radical (unpaired) electrons. The molecule has 0 heterocycles. The van der Waals surface area contributed by atoms with E-state index in [2.05, 4.69) is 250 Å². The zero-order valence-corrected chi connectivity index (χ0v) is 61.4. The third-order valence-corrected chi connectivity index (χ3v) is 20.4. The van der Waals surface area contributed by atoms with Gasteiger partial charge in [-0.25, -0.2) is 0 Å². The van der Waals surface area contributed by atoms with Crippen molar-refractivity contribution in [2.45, 2.75) is 233 Å². The molecule has 0 saturated carbocycles. The fourth-order valence-electron chi connectivity index (χ4n) is 15.2. The van der Waals surface area contributed by atoms with Crippen molar-refractivity contribution in [1.82, 2.24) is 0 Å². The lowest BCUT2D eigenvalue weighted by molar-refractivity contribution is 0.402. The Bertz CT molecular complexity index is 3310. The minimum Gasteiger partial charge on any atom is -0.496 e. The van der Waals surface area contributed by atoms with Crippen LogP contribution in [0.25, 0.3) is 0 Å². The summed E-state index contributed by atoms with van der Waals surface area (Å²) in [7, 11) is 7.52. The van der Waals surface area contributed by atoms with Crippen molar-refractivity contribution in [2.24, 2.45) is 0 Å². The number of rotatable bonds is 32. The highest BCUT2D eigenvalue weighted by atomic mass is 16.5. The molecule has 0 aliphatic heterocycles. The van der Waals surface area contributed by atoms with Gasteiger partial charge in [-0.3, -0.25) is 0 Å². The van der Waals surface area contributed by atoms with Crippen molar-refractivity contribution >= 4 is 45.5 Å². The monoisotopic (exact) mass is 1290 g/mol. The molecule has 8 bridgehead atoms. The van der Waals surface area contributed by atoms with Crippen LogP contribution in [0.5, 0.6) is 23.0 Å². The Kier molecular flexibility index (Phi) is 26.3. The van der Waals surface area contributed by atoms with Gasteiger partial charge in [0.1, 0.15) is 23.0 Å². The molecule has 9 rings (SSSR count). The summed E-state index contributed by atoms with van der Waals surface area (Å²) in [4.78, 5) is 0. The summed E-state index contributed by atoms with van der Waals surface area (Å²) in [5.74, 6) is 4.15. The van der Waals surface area contributed by atoms with Crippen LogP contribution in [0.1, 0.15) is 300 Å². The lowest BCUT2D eigenvalue weighted by atomic mass is 9.75. The van der Waals surface area contributed by atoms with Gasteiger partial charge < -0.3 is 40.2 Å². The molecule has 96 heavy (non-hydrogen) atoms. The van der Waals surface area contributed by atoms with Crippen molar-refractivity contribution in [2.75, 3.05) is 49.7 Å². The van der Waals surface area contributed by atoms with Gasteiger partial charge in [-0.2, -0.15) is 0 Å². The second-order valence-electron chi connectivity index (χ2n) is 28.4. The van der Waals surface area contributed by atoms with E-state index < -0.39 is 0 Å². The first-order valence-corrected chi connectivity index (χ1v) is 36.9. The largest absolute Gasteiger partial charge is 0.496 e. The average Bonchev–Trinajstić information content (AvgIpc) is 0.748. The van der Waals surface area contributed by atoms with Gasteiger partial charge in [-0.05, 0) is 142 Å². The highest BCUT2D eigenvalue weighted by Crippen LogP contribution is 2.54. The summed E-state index contributed by atoms with van der Waals surface area (Å²) in [6.45, 7) is 27.7. The molecule has 0 amide bonds. The van der Waals surface area contributed by atoms with E-state index in [0.717, 1.165) is 171 Å². The van der Waals surface area contributed by atoms with Gasteiger partial charge in [0.05, 0.1) is 28.4 Å². The molecule has 0 spiro atoms. The highest BCUT2D eigenvalue weighted by molar-refractivity contribution is 5.79. The van der Waals surface area contributed by atoms with Gasteiger partial charge in [0.2, 0.25) is 0 Å². The molecule has 0 aromatic heterocycles. The van der Waals surface area contributed by atoms with E-state index in [0.29, 0.717) is 0 Å². The first-order chi connectivity index (χ1) is 46.6. The number of ether oxygens (including phenoxy) is 4. The number of nitrogens with one attached hydrogen (secondary N) is 4. The number of unbranched alkanes of at least 4 members (excludes halogenated alkanes) is 8. The van der Waals surface area contributed by atoms with Crippen molar-refractivity contribution in [3.05, 3.63) is 212 Å². The van der Waals surface area contributed by atoms with Gasteiger partial charge in [-0.15, -0.1) is 0 Å². The molecule has 4 atom stereocenters. The Morgan fingerprint density at radius 1 is 0.260 bits per heavy atom. The Balaban J connectivity index is 1.53.